The van der Waals surface area contributed by atoms with Gasteiger partial charge in [-0.1, -0.05) is 30.3 Å². The van der Waals surface area contributed by atoms with E-state index in [0.717, 1.165) is 31.0 Å². The number of likely N-dealkylation sites (N-methyl/N-ethyl adjacent to an activating group) is 1. The highest BCUT2D eigenvalue weighted by Crippen LogP contribution is 2.27. The molecule has 0 saturated heterocycles. The average molecular weight is 311 g/mol. The van der Waals surface area contributed by atoms with Crippen LogP contribution in [-0.4, -0.2) is 30.2 Å². The summed E-state index contributed by atoms with van der Waals surface area (Å²) in [7, 11) is 2.10. The second-order valence-corrected chi connectivity index (χ2v) is 6.19. The lowest BCUT2D eigenvalue weighted by atomic mass is 9.96. The molecule has 0 radical (unpaired) electrons. The molecule has 0 atom stereocenters. The molecule has 122 valence electrons. The van der Waals surface area contributed by atoms with Gasteiger partial charge in [-0.05, 0) is 38.2 Å². The van der Waals surface area contributed by atoms with Crippen molar-refractivity contribution in [2.75, 3.05) is 25.1 Å². The van der Waals surface area contributed by atoms with Gasteiger partial charge in [0.2, 0.25) is 0 Å². The van der Waals surface area contributed by atoms with E-state index in [2.05, 4.69) is 34.0 Å². The summed E-state index contributed by atoms with van der Waals surface area (Å²) in [5.41, 5.74) is 3.80. The van der Waals surface area contributed by atoms with Crippen LogP contribution in [0.15, 0.2) is 30.3 Å². The predicted octanol–water partition coefficient (Wildman–Crippen LogP) is 3.32. The zero-order chi connectivity index (χ0) is 16.1. The Morgan fingerprint density at radius 1 is 1.09 bits per heavy atom. The van der Waals surface area contributed by atoms with Gasteiger partial charge in [-0.25, -0.2) is 9.97 Å². The fraction of sp³-hybridized carbons (Fsp3) is 0.474. The van der Waals surface area contributed by atoms with Crippen LogP contribution in [0.4, 0.5) is 5.82 Å². The van der Waals surface area contributed by atoms with Gasteiger partial charge in [0.05, 0.1) is 13.2 Å². The third kappa shape index (κ3) is 4.08. The summed E-state index contributed by atoms with van der Waals surface area (Å²) < 4.78 is 5.80. The lowest BCUT2D eigenvalue weighted by Crippen LogP contribution is -2.26. The molecule has 0 saturated carbocycles. The Hall–Kier alpha value is -1.94. The highest BCUT2D eigenvalue weighted by Gasteiger charge is 2.19. The Bertz CT molecular complexity index is 643. The van der Waals surface area contributed by atoms with Crippen molar-refractivity contribution in [3.63, 3.8) is 0 Å². The quantitative estimate of drug-likeness (QED) is 0.767. The molecule has 0 bridgehead atoms. The normalized spacial score (nSPS) is 13.7. The van der Waals surface area contributed by atoms with E-state index >= 15 is 0 Å². The van der Waals surface area contributed by atoms with E-state index in [1.165, 1.54) is 29.7 Å². The Morgan fingerprint density at radius 2 is 1.87 bits per heavy atom. The standard InChI is InChI=1S/C19H25N3O/c1-15-20-18-11-7-6-10-17(18)19(21-15)22(2)12-13-23-14-16-8-4-3-5-9-16/h3-5,8-9H,6-7,10-14H2,1-2H3. The van der Waals surface area contributed by atoms with Crippen LogP contribution in [0.1, 0.15) is 35.5 Å². The maximum atomic E-state index is 5.80. The second-order valence-electron chi connectivity index (χ2n) is 6.19. The van der Waals surface area contributed by atoms with Gasteiger partial charge in [-0.2, -0.15) is 0 Å². The molecule has 4 nitrogen and oxygen atoms in total. The number of ether oxygens (including phenoxy) is 1. The maximum Gasteiger partial charge on any atom is 0.135 e. The number of rotatable bonds is 6. The van der Waals surface area contributed by atoms with Crippen molar-refractivity contribution in [3.8, 4) is 0 Å². The van der Waals surface area contributed by atoms with Gasteiger partial charge in [0.1, 0.15) is 11.6 Å². The Labute approximate surface area is 138 Å². The fourth-order valence-electron chi connectivity index (χ4n) is 3.08. The van der Waals surface area contributed by atoms with Crippen LogP contribution < -0.4 is 4.90 Å². The third-order valence-electron chi connectivity index (χ3n) is 4.32. The van der Waals surface area contributed by atoms with Gasteiger partial charge in [-0.3, -0.25) is 0 Å². The van der Waals surface area contributed by atoms with Crippen LogP contribution in [0, 0.1) is 6.92 Å². The van der Waals surface area contributed by atoms with Crippen molar-refractivity contribution < 1.29 is 4.74 Å². The van der Waals surface area contributed by atoms with Crippen molar-refractivity contribution in [2.45, 2.75) is 39.2 Å². The van der Waals surface area contributed by atoms with Gasteiger partial charge in [-0.15, -0.1) is 0 Å². The largest absolute Gasteiger partial charge is 0.375 e. The molecule has 1 aliphatic carbocycles. The Morgan fingerprint density at radius 3 is 2.70 bits per heavy atom. The minimum atomic E-state index is 0.662. The number of hydrogen-bond donors (Lipinski definition) is 0. The molecule has 23 heavy (non-hydrogen) atoms. The minimum Gasteiger partial charge on any atom is -0.375 e. The van der Waals surface area contributed by atoms with E-state index in [9.17, 15) is 0 Å². The molecule has 1 aliphatic rings. The van der Waals surface area contributed by atoms with Gasteiger partial charge >= 0.3 is 0 Å². The molecule has 1 heterocycles. The Kier molecular flexibility index (Phi) is 5.23. The topological polar surface area (TPSA) is 38.2 Å². The van der Waals surface area contributed by atoms with Crippen molar-refractivity contribution >= 4 is 5.82 Å². The molecule has 0 N–H and O–H groups in total. The number of aryl methyl sites for hydroxylation is 2. The minimum absolute atomic E-state index is 0.662. The number of benzene rings is 1. The van der Waals surface area contributed by atoms with Gasteiger partial charge in [0.15, 0.2) is 0 Å². The molecule has 4 heteroatoms. The smallest absolute Gasteiger partial charge is 0.135 e. The first-order valence-electron chi connectivity index (χ1n) is 8.43. The van der Waals surface area contributed by atoms with E-state index in [0.29, 0.717) is 13.2 Å². The number of aromatic nitrogens is 2. The van der Waals surface area contributed by atoms with E-state index in [1.807, 2.05) is 25.1 Å². The predicted molar refractivity (Wildman–Crippen MR) is 92.8 cm³/mol. The van der Waals surface area contributed by atoms with Crippen molar-refractivity contribution in [2.24, 2.45) is 0 Å². The summed E-state index contributed by atoms with van der Waals surface area (Å²) in [6.45, 7) is 4.19. The van der Waals surface area contributed by atoms with Gasteiger partial charge < -0.3 is 9.64 Å². The molecule has 1 aromatic carbocycles. The number of hydrogen-bond acceptors (Lipinski definition) is 4. The molecule has 0 unspecified atom stereocenters. The van der Waals surface area contributed by atoms with Crippen molar-refractivity contribution in [3.05, 3.63) is 53.0 Å². The summed E-state index contributed by atoms with van der Waals surface area (Å²) >= 11 is 0. The third-order valence-corrected chi connectivity index (χ3v) is 4.32. The number of anilines is 1. The van der Waals surface area contributed by atoms with E-state index < -0.39 is 0 Å². The van der Waals surface area contributed by atoms with Crippen LogP contribution >= 0.6 is 0 Å². The average Bonchev–Trinajstić information content (AvgIpc) is 2.58. The van der Waals surface area contributed by atoms with Crippen LogP contribution in [-0.2, 0) is 24.2 Å². The van der Waals surface area contributed by atoms with Crippen LogP contribution in [0.2, 0.25) is 0 Å². The number of fused-ring (bicyclic) bond motifs is 1. The lowest BCUT2D eigenvalue weighted by molar-refractivity contribution is 0.127. The molecule has 0 fully saturated rings. The zero-order valence-corrected chi connectivity index (χ0v) is 14.1. The summed E-state index contributed by atoms with van der Waals surface area (Å²) in [5, 5.41) is 0. The number of nitrogens with zero attached hydrogens (tertiary/aromatic N) is 3. The highest BCUT2D eigenvalue weighted by atomic mass is 16.5. The maximum absolute atomic E-state index is 5.80. The summed E-state index contributed by atoms with van der Waals surface area (Å²) in [6, 6.07) is 10.3. The van der Waals surface area contributed by atoms with Crippen LogP contribution in [0.25, 0.3) is 0 Å². The Balaban J connectivity index is 1.58. The molecule has 1 aromatic heterocycles. The van der Waals surface area contributed by atoms with Crippen molar-refractivity contribution in [1.82, 2.24) is 9.97 Å². The van der Waals surface area contributed by atoms with Crippen molar-refractivity contribution in [1.29, 1.82) is 0 Å². The molecular weight excluding hydrogens is 286 g/mol. The molecule has 0 spiro atoms. The van der Waals surface area contributed by atoms with E-state index in [4.69, 9.17) is 4.74 Å². The monoisotopic (exact) mass is 311 g/mol. The molecule has 0 amide bonds. The molecular formula is C19H25N3O. The zero-order valence-electron chi connectivity index (χ0n) is 14.1. The first-order valence-corrected chi connectivity index (χ1v) is 8.43. The van der Waals surface area contributed by atoms with Crippen LogP contribution in [0.3, 0.4) is 0 Å². The first-order chi connectivity index (χ1) is 11.2. The van der Waals surface area contributed by atoms with Gasteiger partial charge in [0.25, 0.3) is 0 Å². The summed E-state index contributed by atoms with van der Waals surface area (Å²) in [6.07, 6.45) is 4.67. The molecule has 0 aliphatic heterocycles. The van der Waals surface area contributed by atoms with Crippen LogP contribution in [0.5, 0.6) is 0 Å². The summed E-state index contributed by atoms with van der Waals surface area (Å²) in [5.74, 6) is 1.97. The molecule has 2 aromatic rings. The molecule has 3 rings (SSSR count). The lowest BCUT2D eigenvalue weighted by Gasteiger charge is -2.25. The van der Waals surface area contributed by atoms with Gasteiger partial charge in [0, 0.05) is 24.8 Å². The first kappa shape index (κ1) is 15.9. The highest BCUT2D eigenvalue weighted by molar-refractivity contribution is 5.49. The SMILES string of the molecule is Cc1nc2c(c(N(C)CCOCc3ccccc3)n1)CCCC2. The van der Waals surface area contributed by atoms with E-state index in [-0.39, 0.29) is 0 Å². The summed E-state index contributed by atoms with van der Waals surface area (Å²) in [4.78, 5) is 11.5. The second kappa shape index (κ2) is 7.55. The van der Waals surface area contributed by atoms with E-state index in [1.54, 1.807) is 0 Å². The fourth-order valence-corrected chi connectivity index (χ4v) is 3.08.